The zero-order valence-electron chi connectivity index (χ0n) is 19.1. The van der Waals surface area contributed by atoms with Crippen molar-refractivity contribution < 1.29 is 18.0 Å². The number of amides is 2. The Labute approximate surface area is 190 Å². The van der Waals surface area contributed by atoms with Crippen LogP contribution in [0, 0.1) is 6.92 Å². The first-order valence-corrected chi connectivity index (χ1v) is 12.4. The Balaban J connectivity index is 1.88. The lowest BCUT2D eigenvalue weighted by atomic mass is 10.1. The van der Waals surface area contributed by atoms with E-state index < -0.39 is 10.0 Å². The van der Waals surface area contributed by atoms with E-state index in [1.165, 1.54) is 10.4 Å². The van der Waals surface area contributed by atoms with Crippen molar-refractivity contribution in [1.29, 1.82) is 0 Å². The molecule has 0 saturated heterocycles. The van der Waals surface area contributed by atoms with Crippen LogP contribution >= 0.6 is 0 Å². The molecule has 1 fully saturated rings. The molecule has 0 spiro atoms. The SMILES string of the molecule is CCN(CC)S(=O)(=O)c1cc(C(=O)N(Cc2ccc(C(=O)NC)cc2)C2CC2)ccc1C. The van der Waals surface area contributed by atoms with Gasteiger partial charge in [-0.2, -0.15) is 4.31 Å². The van der Waals surface area contributed by atoms with Gasteiger partial charge in [-0.25, -0.2) is 8.42 Å². The highest BCUT2D eigenvalue weighted by Gasteiger charge is 2.34. The molecule has 0 bridgehead atoms. The quantitative estimate of drug-likeness (QED) is 0.627. The van der Waals surface area contributed by atoms with Gasteiger partial charge in [0.05, 0.1) is 4.90 Å². The second-order valence-electron chi connectivity index (χ2n) is 8.01. The Hall–Kier alpha value is -2.71. The summed E-state index contributed by atoms with van der Waals surface area (Å²) in [7, 11) is -2.08. The topological polar surface area (TPSA) is 86.8 Å². The lowest BCUT2D eigenvalue weighted by molar-refractivity contribution is 0.0729. The number of nitrogens with zero attached hydrogens (tertiary/aromatic N) is 2. The number of rotatable bonds is 9. The first kappa shape index (κ1) is 23.9. The molecule has 2 aromatic carbocycles. The third kappa shape index (κ3) is 5.02. The summed E-state index contributed by atoms with van der Waals surface area (Å²) < 4.78 is 27.6. The molecule has 0 heterocycles. The van der Waals surface area contributed by atoms with Crippen LogP contribution in [0.25, 0.3) is 0 Å². The van der Waals surface area contributed by atoms with Crippen molar-refractivity contribution in [1.82, 2.24) is 14.5 Å². The van der Waals surface area contributed by atoms with Crippen LogP contribution in [0.3, 0.4) is 0 Å². The van der Waals surface area contributed by atoms with Gasteiger partial charge in [0.15, 0.2) is 0 Å². The van der Waals surface area contributed by atoms with Crippen molar-refractivity contribution >= 4 is 21.8 Å². The standard InChI is InChI=1S/C24H31N3O4S/c1-5-26(6-2)32(30,31)22-15-20(10-7-17(22)3)24(29)27(21-13-14-21)16-18-8-11-19(12-9-18)23(28)25-4/h7-12,15,21H,5-6,13-14,16H2,1-4H3,(H,25,28). The van der Waals surface area contributed by atoms with E-state index in [4.69, 9.17) is 0 Å². The van der Waals surface area contributed by atoms with Crippen LogP contribution in [-0.2, 0) is 16.6 Å². The second kappa shape index (κ2) is 9.83. The van der Waals surface area contributed by atoms with E-state index in [1.54, 1.807) is 57.0 Å². The van der Waals surface area contributed by atoms with Gasteiger partial charge in [0.25, 0.3) is 11.8 Å². The van der Waals surface area contributed by atoms with E-state index in [1.807, 2.05) is 12.1 Å². The summed E-state index contributed by atoms with van der Waals surface area (Å²) in [6.45, 7) is 6.50. The molecule has 0 aromatic heterocycles. The van der Waals surface area contributed by atoms with E-state index in [0.29, 0.717) is 36.3 Å². The summed E-state index contributed by atoms with van der Waals surface area (Å²) in [5.41, 5.74) is 2.47. The summed E-state index contributed by atoms with van der Waals surface area (Å²) in [5.74, 6) is -0.341. The number of carbonyl (C=O) groups excluding carboxylic acids is 2. The lowest BCUT2D eigenvalue weighted by Crippen LogP contribution is -2.34. The third-order valence-electron chi connectivity index (χ3n) is 5.80. The predicted octanol–water partition coefficient (Wildman–Crippen LogP) is 3.19. The van der Waals surface area contributed by atoms with Crippen LogP contribution in [-0.4, -0.2) is 55.6 Å². The summed E-state index contributed by atoms with van der Waals surface area (Å²) in [6, 6.07) is 12.2. The lowest BCUT2D eigenvalue weighted by Gasteiger charge is -2.24. The molecule has 1 N–H and O–H groups in total. The van der Waals surface area contributed by atoms with Crippen molar-refractivity contribution in [2.45, 2.75) is 51.1 Å². The molecule has 32 heavy (non-hydrogen) atoms. The summed E-state index contributed by atoms with van der Waals surface area (Å²) in [5, 5.41) is 2.59. The summed E-state index contributed by atoms with van der Waals surface area (Å²) in [6.07, 6.45) is 1.86. The van der Waals surface area contributed by atoms with Gasteiger partial charge in [0, 0.05) is 43.9 Å². The highest BCUT2D eigenvalue weighted by atomic mass is 32.2. The molecular weight excluding hydrogens is 426 g/mol. The monoisotopic (exact) mass is 457 g/mol. The van der Waals surface area contributed by atoms with E-state index in [0.717, 1.165) is 18.4 Å². The Morgan fingerprint density at radius 2 is 1.59 bits per heavy atom. The van der Waals surface area contributed by atoms with Gasteiger partial charge >= 0.3 is 0 Å². The number of aryl methyl sites for hydroxylation is 1. The largest absolute Gasteiger partial charge is 0.355 e. The Bertz CT molecular complexity index is 1090. The van der Waals surface area contributed by atoms with Crippen LogP contribution in [0.5, 0.6) is 0 Å². The smallest absolute Gasteiger partial charge is 0.254 e. The van der Waals surface area contributed by atoms with Crippen LogP contribution < -0.4 is 5.32 Å². The highest BCUT2D eigenvalue weighted by molar-refractivity contribution is 7.89. The van der Waals surface area contributed by atoms with Gasteiger partial charge in [-0.1, -0.05) is 32.0 Å². The molecule has 8 heteroatoms. The molecule has 7 nitrogen and oxygen atoms in total. The molecule has 0 radical (unpaired) electrons. The Morgan fingerprint density at radius 1 is 1.00 bits per heavy atom. The van der Waals surface area contributed by atoms with E-state index in [9.17, 15) is 18.0 Å². The number of benzene rings is 2. The third-order valence-corrected chi connectivity index (χ3v) is 7.99. The molecule has 3 rings (SSSR count). The minimum Gasteiger partial charge on any atom is -0.355 e. The van der Waals surface area contributed by atoms with Gasteiger partial charge in [-0.05, 0) is 55.2 Å². The van der Waals surface area contributed by atoms with Gasteiger partial charge < -0.3 is 10.2 Å². The molecule has 0 atom stereocenters. The molecule has 2 aromatic rings. The fraction of sp³-hybridized carbons (Fsp3) is 0.417. The van der Waals surface area contributed by atoms with E-state index in [-0.39, 0.29) is 22.8 Å². The van der Waals surface area contributed by atoms with E-state index >= 15 is 0 Å². The average Bonchev–Trinajstić information content (AvgIpc) is 3.63. The number of hydrogen-bond acceptors (Lipinski definition) is 4. The number of hydrogen-bond donors (Lipinski definition) is 1. The van der Waals surface area contributed by atoms with Crippen molar-refractivity contribution in [3.05, 3.63) is 64.7 Å². The fourth-order valence-corrected chi connectivity index (χ4v) is 5.44. The number of sulfonamides is 1. The minimum absolute atomic E-state index is 0.144. The van der Waals surface area contributed by atoms with Crippen molar-refractivity contribution in [3.8, 4) is 0 Å². The van der Waals surface area contributed by atoms with Crippen molar-refractivity contribution in [2.24, 2.45) is 0 Å². The zero-order chi connectivity index (χ0) is 23.5. The predicted molar refractivity (Wildman–Crippen MR) is 124 cm³/mol. The summed E-state index contributed by atoms with van der Waals surface area (Å²) >= 11 is 0. The first-order chi connectivity index (χ1) is 15.2. The van der Waals surface area contributed by atoms with Crippen LogP contribution in [0.15, 0.2) is 47.4 Å². The molecular formula is C24H31N3O4S. The maximum Gasteiger partial charge on any atom is 0.254 e. The van der Waals surface area contributed by atoms with Crippen molar-refractivity contribution in [3.63, 3.8) is 0 Å². The molecule has 2 amide bonds. The minimum atomic E-state index is -3.67. The first-order valence-electron chi connectivity index (χ1n) is 11.0. The maximum atomic E-state index is 13.4. The molecule has 0 unspecified atom stereocenters. The van der Waals surface area contributed by atoms with Crippen LogP contribution in [0.4, 0.5) is 0 Å². The molecule has 1 saturated carbocycles. The second-order valence-corrected chi connectivity index (χ2v) is 9.92. The van der Waals surface area contributed by atoms with Gasteiger partial charge in [0.2, 0.25) is 10.0 Å². The molecule has 172 valence electrons. The fourth-order valence-electron chi connectivity index (χ4n) is 3.73. The molecule has 1 aliphatic rings. The molecule has 1 aliphatic carbocycles. The average molecular weight is 458 g/mol. The van der Waals surface area contributed by atoms with Gasteiger partial charge in [0.1, 0.15) is 0 Å². The van der Waals surface area contributed by atoms with Crippen molar-refractivity contribution in [2.75, 3.05) is 20.1 Å². The number of nitrogens with one attached hydrogen (secondary N) is 1. The zero-order valence-corrected chi connectivity index (χ0v) is 19.9. The summed E-state index contributed by atoms with van der Waals surface area (Å²) in [4.78, 5) is 27.1. The van der Waals surface area contributed by atoms with Crippen LogP contribution in [0.1, 0.15) is 58.5 Å². The van der Waals surface area contributed by atoms with Crippen LogP contribution in [0.2, 0.25) is 0 Å². The molecule has 0 aliphatic heterocycles. The number of carbonyl (C=O) groups is 2. The normalized spacial score (nSPS) is 13.8. The van der Waals surface area contributed by atoms with E-state index in [2.05, 4.69) is 5.32 Å². The van der Waals surface area contributed by atoms with Gasteiger partial charge in [-0.3, -0.25) is 9.59 Å². The maximum absolute atomic E-state index is 13.4. The Morgan fingerprint density at radius 3 is 2.12 bits per heavy atom. The highest BCUT2D eigenvalue weighted by Crippen LogP contribution is 2.31. The van der Waals surface area contributed by atoms with Gasteiger partial charge in [-0.15, -0.1) is 0 Å². The Kier molecular flexibility index (Phi) is 7.36.